The molecule has 0 aliphatic carbocycles. The summed E-state index contributed by atoms with van der Waals surface area (Å²) in [4.78, 5) is 18.3. The van der Waals surface area contributed by atoms with E-state index in [2.05, 4.69) is 10.00 Å². The van der Waals surface area contributed by atoms with Gasteiger partial charge in [-0.25, -0.2) is 8.42 Å². The van der Waals surface area contributed by atoms with Gasteiger partial charge in [0, 0.05) is 36.9 Å². The predicted octanol–water partition coefficient (Wildman–Crippen LogP) is 3.59. The Balaban J connectivity index is 1.36. The molecule has 32 heavy (non-hydrogen) atoms. The van der Waals surface area contributed by atoms with E-state index in [4.69, 9.17) is 11.6 Å². The van der Waals surface area contributed by atoms with Gasteiger partial charge in [-0.05, 0) is 42.1 Å². The smallest absolute Gasteiger partial charge is 0.274 e. The number of hydrogen-bond acceptors (Lipinski definition) is 6. The summed E-state index contributed by atoms with van der Waals surface area (Å²) in [7, 11) is -3.06. The van der Waals surface area contributed by atoms with Gasteiger partial charge in [0.2, 0.25) is 0 Å². The van der Waals surface area contributed by atoms with Crippen LogP contribution < -0.4 is 4.90 Å². The normalized spacial score (nSPS) is 20.6. The Morgan fingerprint density at radius 1 is 1.09 bits per heavy atom. The Bertz CT molecular complexity index is 1230. The maximum atomic E-state index is 13.3. The van der Waals surface area contributed by atoms with Gasteiger partial charge in [0.25, 0.3) is 5.91 Å². The van der Waals surface area contributed by atoms with Crippen LogP contribution in [-0.4, -0.2) is 66.7 Å². The van der Waals surface area contributed by atoms with Crippen LogP contribution in [0.15, 0.2) is 47.8 Å². The summed E-state index contributed by atoms with van der Waals surface area (Å²) in [6.45, 7) is 2.60. The third-order valence-corrected chi connectivity index (χ3v) is 8.90. The number of anilines is 1. The third kappa shape index (κ3) is 4.29. The average Bonchev–Trinajstić information content (AvgIpc) is 3.52. The highest BCUT2D eigenvalue weighted by molar-refractivity contribution is 7.91. The maximum absolute atomic E-state index is 13.3. The number of sulfone groups is 1. The molecule has 0 spiro atoms. The molecular weight excluding hydrogens is 468 g/mol. The van der Waals surface area contributed by atoms with Crippen molar-refractivity contribution < 1.29 is 13.2 Å². The first-order valence-corrected chi connectivity index (χ1v) is 13.6. The van der Waals surface area contributed by atoms with E-state index in [0.717, 1.165) is 16.3 Å². The van der Waals surface area contributed by atoms with Crippen LogP contribution in [0.4, 0.5) is 5.69 Å². The summed E-state index contributed by atoms with van der Waals surface area (Å²) in [6.07, 6.45) is 0.522. The molecule has 2 fully saturated rings. The Hall–Kier alpha value is -2.36. The van der Waals surface area contributed by atoms with Crippen molar-refractivity contribution >= 4 is 44.4 Å². The van der Waals surface area contributed by atoms with Crippen molar-refractivity contribution in [1.82, 2.24) is 14.7 Å². The lowest BCUT2D eigenvalue weighted by molar-refractivity contribution is 0.0739. The fourth-order valence-electron chi connectivity index (χ4n) is 4.36. The minimum Gasteiger partial charge on any atom is -0.368 e. The number of benzene rings is 1. The highest BCUT2D eigenvalue weighted by atomic mass is 35.5. The molecular formula is C22H23ClN4O3S2. The SMILES string of the molecule is O=C(c1cc(-c2cccs2)n([C@@H]2CCS(=O)(=O)C2)n1)N1CCN(c2cccc(Cl)c2)CC1. The number of nitrogens with zero attached hydrogens (tertiary/aromatic N) is 4. The summed E-state index contributed by atoms with van der Waals surface area (Å²) >= 11 is 7.67. The van der Waals surface area contributed by atoms with Gasteiger partial charge in [0.1, 0.15) is 0 Å². The van der Waals surface area contributed by atoms with Crippen molar-refractivity contribution in [3.8, 4) is 10.6 Å². The quantitative estimate of drug-likeness (QED) is 0.558. The zero-order valence-electron chi connectivity index (χ0n) is 17.4. The topological polar surface area (TPSA) is 75.5 Å². The van der Waals surface area contributed by atoms with E-state index >= 15 is 0 Å². The maximum Gasteiger partial charge on any atom is 0.274 e. The van der Waals surface area contributed by atoms with Gasteiger partial charge < -0.3 is 9.80 Å². The molecule has 2 aliphatic heterocycles. The third-order valence-electron chi connectivity index (χ3n) is 6.02. The van der Waals surface area contributed by atoms with Gasteiger partial charge in [-0.2, -0.15) is 5.10 Å². The minimum atomic E-state index is -3.06. The van der Waals surface area contributed by atoms with E-state index in [9.17, 15) is 13.2 Å². The standard InChI is InChI=1S/C22H23ClN4O3S2/c23-16-3-1-4-17(13-16)25-7-9-26(10-8-25)22(28)19-14-20(21-5-2-11-31-21)27(24-19)18-6-12-32(29,30)15-18/h1-5,11,13-14,18H,6-10,12,15H2/t18-/m1/s1. The monoisotopic (exact) mass is 490 g/mol. The molecule has 4 heterocycles. The first-order chi connectivity index (χ1) is 15.4. The molecule has 1 atom stereocenters. The second-order valence-electron chi connectivity index (χ2n) is 8.15. The number of carbonyl (C=O) groups excluding carboxylic acids is 1. The van der Waals surface area contributed by atoms with Crippen LogP contribution in [0.1, 0.15) is 23.0 Å². The first kappa shape index (κ1) is 21.5. The number of amides is 1. The molecule has 2 aliphatic rings. The zero-order chi connectivity index (χ0) is 22.3. The minimum absolute atomic E-state index is 0.0684. The van der Waals surface area contributed by atoms with Crippen LogP contribution >= 0.6 is 22.9 Å². The fourth-order valence-corrected chi connectivity index (χ4v) is 6.97. The Morgan fingerprint density at radius 3 is 2.56 bits per heavy atom. The van der Waals surface area contributed by atoms with Gasteiger partial charge in [-0.3, -0.25) is 9.48 Å². The molecule has 2 aromatic heterocycles. The van der Waals surface area contributed by atoms with Crippen molar-refractivity contribution in [2.24, 2.45) is 0 Å². The van der Waals surface area contributed by atoms with Crippen LogP contribution in [0.2, 0.25) is 5.02 Å². The van der Waals surface area contributed by atoms with Crippen molar-refractivity contribution in [2.75, 3.05) is 42.6 Å². The number of aromatic nitrogens is 2. The highest BCUT2D eigenvalue weighted by Gasteiger charge is 2.33. The Morgan fingerprint density at radius 2 is 1.91 bits per heavy atom. The number of halogens is 1. The lowest BCUT2D eigenvalue weighted by Crippen LogP contribution is -2.48. The van der Waals surface area contributed by atoms with Crippen LogP contribution in [0.5, 0.6) is 0 Å². The van der Waals surface area contributed by atoms with Crippen molar-refractivity contribution in [3.05, 3.63) is 58.6 Å². The summed E-state index contributed by atoms with van der Waals surface area (Å²) in [5.74, 6) is 0.114. The predicted molar refractivity (Wildman–Crippen MR) is 127 cm³/mol. The van der Waals surface area contributed by atoms with Gasteiger partial charge in [-0.1, -0.05) is 23.7 Å². The van der Waals surface area contributed by atoms with E-state index in [1.807, 2.05) is 52.7 Å². The lowest BCUT2D eigenvalue weighted by atomic mass is 10.2. The lowest BCUT2D eigenvalue weighted by Gasteiger charge is -2.35. The van der Waals surface area contributed by atoms with E-state index in [1.165, 1.54) is 0 Å². The zero-order valence-corrected chi connectivity index (χ0v) is 19.7. The highest BCUT2D eigenvalue weighted by Crippen LogP contribution is 2.32. The molecule has 3 aromatic rings. The molecule has 0 unspecified atom stereocenters. The Kier molecular flexibility index (Phi) is 5.73. The van der Waals surface area contributed by atoms with E-state index in [-0.39, 0.29) is 23.5 Å². The van der Waals surface area contributed by atoms with Gasteiger partial charge in [-0.15, -0.1) is 11.3 Å². The summed E-state index contributed by atoms with van der Waals surface area (Å²) in [6, 6.07) is 13.2. The molecule has 0 radical (unpaired) electrons. The fraction of sp³-hybridized carbons (Fsp3) is 0.364. The van der Waals surface area contributed by atoms with Crippen LogP contribution in [0.25, 0.3) is 10.6 Å². The molecule has 168 valence electrons. The largest absolute Gasteiger partial charge is 0.368 e. The number of rotatable bonds is 4. The van der Waals surface area contributed by atoms with Crippen molar-refractivity contribution in [1.29, 1.82) is 0 Å². The molecule has 1 aromatic carbocycles. The Labute approximate surface area is 196 Å². The van der Waals surface area contributed by atoms with E-state index < -0.39 is 9.84 Å². The van der Waals surface area contributed by atoms with Gasteiger partial charge in [0.05, 0.1) is 28.1 Å². The van der Waals surface area contributed by atoms with Crippen LogP contribution in [-0.2, 0) is 9.84 Å². The van der Waals surface area contributed by atoms with Crippen molar-refractivity contribution in [3.63, 3.8) is 0 Å². The summed E-state index contributed by atoms with van der Waals surface area (Å²) in [5.41, 5.74) is 2.23. The van der Waals surface area contributed by atoms with E-state index in [1.54, 1.807) is 16.0 Å². The molecule has 10 heteroatoms. The molecule has 2 saturated heterocycles. The number of piperazine rings is 1. The molecule has 7 nitrogen and oxygen atoms in total. The average molecular weight is 491 g/mol. The van der Waals surface area contributed by atoms with Crippen LogP contribution in [0, 0.1) is 0 Å². The van der Waals surface area contributed by atoms with E-state index in [0.29, 0.717) is 43.3 Å². The number of carbonyl (C=O) groups is 1. The summed E-state index contributed by atoms with van der Waals surface area (Å²) < 4.78 is 25.8. The second kappa shape index (κ2) is 8.53. The molecule has 0 saturated carbocycles. The molecule has 1 amide bonds. The summed E-state index contributed by atoms with van der Waals surface area (Å²) in [5, 5.41) is 7.28. The number of hydrogen-bond donors (Lipinski definition) is 0. The van der Waals surface area contributed by atoms with Crippen LogP contribution in [0.3, 0.4) is 0 Å². The second-order valence-corrected chi connectivity index (χ2v) is 11.8. The van der Waals surface area contributed by atoms with Gasteiger partial charge >= 0.3 is 0 Å². The molecule has 5 rings (SSSR count). The van der Waals surface area contributed by atoms with Gasteiger partial charge in [0.15, 0.2) is 15.5 Å². The van der Waals surface area contributed by atoms with Crippen molar-refractivity contribution in [2.45, 2.75) is 12.5 Å². The molecule has 0 bridgehead atoms. The number of thiophene rings is 1. The first-order valence-electron chi connectivity index (χ1n) is 10.5. The molecule has 0 N–H and O–H groups in total.